The molecule has 0 radical (unpaired) electrons. The lowest BCUT2D eigenvalue weighted by atomic mass is 10.5. The zero-order valence-corrected chi connectivity index (χ0v) is 7.41. The van der Waals surface area contributed by atoms with E-state index in [2.05, 4.69) is 10.2 Å². The zero-order valence-electron chi connectivity index (χ0n) is 7.41. The Morgan fingerprint density at radius 3 is 1.64 bits per heavy atom. The second kappa shape index (κ2) is 3.60. The molecule has 2 aromatic heterocycles. The van der Waals surface area contributed by atoms with E-state index in [1.54, 1.807) is 24.5 Å². The molecule has 0 saturated carbocycles. The van der Waals surface area contributed by atoms with Gasteiger partial charge in [-0.2, -0.15) is 19.8 Å². The maximum atomic E-state index is 8.80. The summed E-state index contributed by atoms with van der Waals surface area (Å²) in [6.45, 7) is -0.192. The second-order valence-electron chi connectivity index (χ2n) is 2.77. The van der Waals surface area contributed by atoms with Gasteiger partial charge in [0.1, 0.15) is 0 Å². The van der Waals surface area contributed by atoms with E-state index in [1.807, 2.05) is 0 Å². The first kappa shape index (κ1) is 8.92. The van der Waals surface area contributed by atoms with Crippen molar-refractivity contribution in [2.24, 2.45) is 0 Å². The Balaban J connectivity index is 2.29. The van der Waals surface area contributed by atoms with Crippen molar-refractivity contribution in [3.63, 3.8) is 0 Å². The highest BCUT2D eigenvalue weighted by Gasteiger charge is 2.01. The summed E-state index contributed by atoms with van der Waals surface area (Å²) in [7, 11) is 0. The lowest BCUT2D eigenvalue weighted by Crippen LogP contribution is -2.11. The molecule has 6 nitrogen and oxygen atoms in total. The van der Waals surface area contributed by atoms with Crippen LogP contribution < -0.4 is 0 Å². The van der Waals surface area contributed by atoms with Crippen molar-refractivity contribution in [2.45, 2.75) is 13.2 Å². The summed E-state index contributed by atoms with van der Waals surface area (Å²) in [5.74, 6) is 0. The molecule has 74 valence electrons. The number of hydrogen-bond acceptors (Lipinski definition) is 4. The van der Waals surface area contributed by atoms with Crippen LogP contribution in [0, 0.1) is 0 Å². The molecule has 0 aromatic carbocycles. The van der Waals surface area contributed by atoms with Crippen molar-refractivity contribution in [2.75, 3.05) is 0 Å². The third kappa shape index (κ3) is 1.52. The molecule has 0 atom stereocenters. The molecule has 0 unspecified atom stereocenters. The van der Waals surface area contributed by atoms with Gasteiger partial charge in [-0.15, -0.1) is 0 Å². The molecule has 2 rings (SSSR count). The summed E-state index contributed by atoms with van der Waals surface area (Å²) in [6, 6.07) is 3.39. The SMILES string of the molecule is OCc1ccn(-n2ccc(CO)n2)n1. The first-order valence-corrected chi connectivity index (χ1v) is 4.15. The second-order valence-corrected chi connectivity index (χ2v) is 2.77. The van der Waals surface area contributed by atoms with Crippen LogP contribution in [-0.2, 0) is 13.2 Å². The molecule has 6 heteroatoms. The minimum Gasteiger partial charge on any atom is -0.390 e. The number of aliphatic hydroxyl groups excluding tert-OH is 2. The summed E-state index contributed by atoms with van der Waals surface area (Å²) in [5, 5.41) is 25.7. The van der Waals surface area contributed by atoms with E-state index in [4.69, 9.17) is 10.2 Å². The highest BCUT2D eigenvalue weighted by atomic mass is 16.3. The van der Waals surface area contributed by atoms with Gasteiger partial charge in [-0.1, -0.05) is 0 Å². The van der Waals surface area contributed by atoms with E-state index in [1.165, 1.54) is 9.58 Å². The number of aromatic nitrogens is 4. The Bertz CT molecular complexity index is 380. The Morgan fingerprint density at radius 2 is 1.36 bits per heavy atom. The predicted octanol–water partition coefficient (Wildman–Crippen LogP) is -0.624. The average Bonchev–Trinajstić information content (AvgIpc) is 2.86. The Kier molecular flexibility index (Phi) is 2.30. The zero-order chi connectivity index (χ0) is 9.97. The van der Waals surface area contributed by atoms with Crippen LogP contribution in [0.3, 0.4) is 0 Å². The van der Waals surface area contributed by atoms with Crippen LogP contribution in [0.15, 0.2) is 24.5 Å². The summed E-state index contributed by atoms with van der Waals surface area (Å²) < 4.78 is 0. The molecule has 14 heavy (non-hydrogen) atoms. The van der Waals surface area contributed by atoms with Crippen LogP contribution >= 0.6 is 0 Å². The fourth-order valence-corrected chi connectivity index (χ4v) is 1.10. The minimum absolute atomic E-state index is 0.0961. The molecule has 0 saturated heterocycles. The van der Waals surface area contributed by atoms with Gasteiger partial charge >= 0.3 is 0 Å². The molecule has 0 amide bonds. The van der Waals surface area contributed by atoms with Crippen molar-refractivity contribution < 1.29 is 10.2 Å². The Hall–Kier alpha value is -1.66. The van der Waals surface area contributed by atoms with Gasteiger partial charge in [0, 0.05) is 0 Å². The van der Waals surface area contributed by atoms with Crippen molar-refractivity contribution in [1.82, 2.24) is 19.8 Å². The third-order valence-electron chi connectivity index (χ3n) is 1.80. The molecule has 0 fully saturated rings. The lowest BCUT2D eigenvalue weighted by molar-refractivity contribution is 0.270. The molecule has 2 N–H and O–H groups in total. The molecule has 0 spiro atoms. The smallest absolute Gasteiger partial charge is 0.0900 e. The number of nitrogens with zero attached hydrogens (tertiary/aromatic N) is 4. The van der Waals surface area contributed by atoms with E-state index in [0.29, 0.717) is 11.4 Å². The maximum Gasteiger partial charge on any atom is 0.0900 e. The highest BCUT2D eigenvalue weighted by molar-refractivity contribution is 5.00. The van der Waals surface area contributed by atoms with Crippen molar-refractivity contribution in [3.8, 4) is 0 Å². The lowest BCUT2D eigenvalue weighted by Gasteiger charge is -1.98. The first-order chi connectivity index (χ1) is 6.83. The summed E-state index contributed by atoms with van der Waals surface area (Å²) in [6.07, 6.45) is 3.36. The summed E-state index contributed by atoms with van der Waals surface area (Å²) in [5.41, 5.74) is 1.15. The van der Waals surface area contributed by atoms with E-state index in [0.717, 1.165) is 0 Å². The Morgan fingerprint density at radius 1 is 0.929 bits per heavy atom. The van der Waals surface area contributed by atoms with Crippen LogP contribution in [0.25, 0.3) is 0 Å². The van der Waals surface area contributed by atoms with Gasteiger partial charge in [0.05, 0.1) is 37.0 Å². The Labute approximate surface area is 80.0 Å². The van der Waals surface area contributed by atoms with Crippen LogP contribution in [0.2, 0.25) is 0 Å². The van der Waals surface area contributed by atoms with Crippen LogP contribution in [0.4, 0.5) is 0 Å². The van der Waals surface area contributed by atoms with Gasteiger partial charge in [-0.05, 0) is 12.1 Å². The summed E-state index contributed by atoms with van der Waals surface area (Å²) in [4.78, 5) is 2.95. The largest absolute Gasteiger partial charge is 0.390 e. The van der Waals surface area contributed by atoms with Gasteiger partial charge in [0.25, 0.3) is 0 Å². The summed E-state index contributed by atoms with van der Waals surface area (Å²) >= 11 is 0. The van der Waals surface area contributed by atoms with Gasteiger partial charge in [-0.25, -0.2) is 0 Å². The molecule has 0 aliphatic heterocycles. The van der Waals surface area contributed by atoms with Gasteiger partial charge in [-0.3, -0.25) is 0 Å². The standard InChI is InChI=1S/C8H10N4O2/c13-5-7-1-3-11(9-7)12-4-2-8(6-14)10-12/h1-4,13-14H,5-6H2. The fraction of sp³-hybridized carbons (Fsp3) is 0.250. The van der Waals surface area contributed by atoms with Crippen molar-refractivity contribution in [3.05, 3.63) is 35.9 Å². The monoisotopic (exact) mass is 194 g/mol. The molecule has 0 aliphatic carbocycles. The van der Waals surface area contributed by atoms with Gasteiger partial charge in [0.15, 0.2) is 0 Å². The van der Waals surface area contributed by atoms with E-state index < -0.39 is 0 Å². The van der Waals surface area contributed by atoms with E-state index in [-0.39, 0.29) is 13.2 Å². The van der Waals surface area contributed by atoms with E-state index in [9.17, 15) is 0 Å². The quantitative estimate of drug-likeness (QED) is 0.682. The van der Waals surface area contributed by atoms with Crippen LogP contribution in [0.5, 0.6) is 0 Å². The van der Waals surface area contributed by atoms with E-state index >= 15 is 0 Å². The molecule has 2 aromatic rings. The molecule has 0 aliphatic rings. The van der Waals surface area contributed by atoms with Crippen molar-refractivity contribution >= 4 is 0 Å². The fourth-order valence-electron chi connectivity index (χ4n) is 1.10. The minimum atomic E-state index is -0.0961. The molecule has 2 heterocycles. The first-order valence-electron chi connectivity index (χ1n) is 4.15. The topological polar surface area (TPSA) is 76.1 Å². The number of rotatable bonds is 3. The van der Waals surface area contributed by atoms with Crippen LogP contribution in [0.1, 0.15) is 11.4 Å². The van der Waals surface area contributed by atoms with Crippen LogP contribution in [-0.4, -0.2) is 30.0 Å². The number of aliphatic hydroxyl groups is 2. The molecular weight excluding hydrogens is 184 g/mol. The van der Waals surface area contributed by atoms with Gasteiger partial charge < -0.3 is 10.2 Å². The number of hydrogen-bond donors (Lipinski definition) is 2. The van der Waals surface area contributed by atoms with Gasteiger partial charge in [0.2, 0.25) is 0 Å². The third-order valence-corrected chi connectivity index (χ3v) is 1.80. The normalized spacial score (nSPS) is 10.7. The average molecular weight is 194 g/mol. The highest BCUT2D eigenvalue weighted by Crippen LogP contribution is 1.98. The predicted molar refractivity (Wildman–Crippen MR) is 47.1 cm³/mol. The molecule has 0 bridgehead atoms. The van der Waals surface area contributed by atoms with Crippen molar-refractivity contribution in [1.29, 1.82) is 0 Å². The maximum absolute atomic E-state index is 8.80. The molecular formula is C8H10N4O2.